The molecule has 1 aliphatic rings. The maximum absolute atomic E-state index is 3.43. The molecule has 1 aromatic carbocycles. The molecule has 1 aromatic rings. The van der Waals surface area contributed by atoms with Crippen LogP contribution in [0, 0.1) is 5.92 Å². The van der Waals surface area contributed by atoms with Crippen LogP contribution in [0.4, 0.5) is 0 Å². The summed E-state index contributed by atoms with van der Waals surface area (Å²) in [7, 11) is 2.09. The van der Waals surface area contributed by atoms with E-state index in [4.69, 9.17) is 0 Å². The van der Waals surface area contributed by atoms with Crippen molar-refractivity contribution >= 4 is 11.8 Å². The standard InChI is InChI=1S/C14H21NS/c1-11-13(15-2)8-9-14(11)16-10-12-6-4-3-5-7-12/h3-7,11,13-15H,8-10H2,1-2H3. The van der Waals surface area contributed by atoms with Gasteiger partial charge >= 0.3 is 0 Å². The average molecular weight is 235 g/mol. The normalized spacial score (nSPS) is 29.5. The molecule has 0 heterocycles. The van der Waals surface area contributed by atoms with Gasteiger partial charge in [0.25, 0.3) is 0 Å². The molecule has 1 nitrogen and oxygen atoms in total. The number of benzene rings is 1. The molecule has 1 aliphatic carbocycles. The third kappa shape index (κ3) is 2.80. The van der Waals surface area contributed by atoms with Crippen LogP contribution in [-0.4, -0.2) is 18.3 Å². The molecule has 0 aliphatic heterocycles. The van der Waals surface area contributed by atoms with E-state index in [9.17, 15) is 0 Å². The lowest BCUT2D eigenvalue weighted by molar-refractivity contribution is 0.464. The summed E-state index contributed by atoms with van der Waals surface area (Å²) in [6.07, 6.45) is 2.70. The summed E-state index contributed by atoms with van der Waals surface area (Å²) < 4.78 is 0. The van der Waals surface area contributed by atoms with E-state index < -0.39 is 0 Å². The molecule has 3 unspecified atom stereocenters. The van der Waals surface area contributed by atoms with Gasteiger partial charge in [-0.15, -0.1) is 0 Å². The summed E-state index contributed by atoms with van der Waals surface area (Å²) in [4.78, 5) is 0. The van der Waals surface area contributed by atoms with Crippen molar-refractivity contribution in [1.82, 2.24) is 5.32 Å². The summed E-state index contributed by atoms with van der Waals surface area (Å²) in [6.45, 7) is 2.39. The van der Waals surface area contributed by atoms with Crippen molar-refractivity contribution in [1.29, 1.82) is 0 Å². The van der Waals surface area contributed by atoms with Gasteiger partial charge in [-0.1, -0.05) is 37.3 Å². The van der Waals surface area contributed by atoms with Gasteiger partial charge in [0.1, 0.15) is 0 Å². The summed E-state index contributed by atoms with van der Waals surface area (Å²) >= 11 is 2.12. The Balaban J connectivity index is 1.83. The minimum atomic E-state index is 0.730. The van der Waals surface area contributed by atoms with E-state index in [1.54, 1.807) is 0 Å². The lowest BCUT2D eigenvalue weighted by Crippen LogP contribution is -2.30. The van der Waals surface area contributed by atoms with Crippen LogP contribution in [0.15, 0.2) is 30.3 Å². The van der Waals surface area contributed by atoms with Gasteiger partial charge < -0.3 is 5.32 Å². The molecule has 2 rings (SSSR count). The summed E-state index contributed by atoms with van der Waals surface area (Å²) in [6, 6.07) is 11.5. The minimum absolute atomic E-state index is 0.730. The zero-order chi connectivity index (χ0) is 11.4. The Morgan fingerprint density at radius 1 is 1.25 bits per heavy atom. The molecule has 0 aromatic heterocycles. The Morgan fingerprint density at radius 3 is 2.62 bits per heavy atom. The van der Waals surface area contributed by atoms with Crippen LogP contribution in [0.5, 0.6) is 0 Å². The first-order chi connectivity index (χ1) is 7.81. The molecule has 0 saturated heterocycles. The predicted octanol–water partition coefficient (Wildman–Crippen LogP) is 3.31. The number of nitrogens with one attached hydrogen (secondary N) is 1. The highest BCUT2D eigenvalue weighted by Gasteiger charge is 2.31. The third-order valence-electron chi connectivity index (χ3n) is 3.66. The molecule has 0 amide bonds. The number of rotatable bonds is 4. The topological polar surface area (TPSA) is 12.0 Å². The highest BCUT2D eigenvalue weighted by molar-refractivity contribution is 7.99. The van der Waals surface area contributed by atoms with Crippen LogP contribution in [-0.2, 0) is 5.75 Å². The Morgan fingerprint density at radius 2 is 2.00 bits per heavy atom. The first kappa shape index (κ1) is 12.0. The summed E-state index contributed by atoms with van der Waals surface area (Å²) in [5.74, 6) is 1.96. The molecule has 0 bridgehead atoms. The zero-order valence-corrected chi connectivity index (χ0v) is 11.0. The van der Waals surface area contributed by atoms with E-state index in [0.29, 0.717) is 0 Å². The molecule has 1 fully saturated rings. The largest absolute Gasteiger partial charge is 0.317 e. The smallest absolute Gasteiger partial charge is 0.0187 e. The fourth-order valence-electron chi connectivity index (χ4n) is 2.55. The second-order valence-corrected chi connectivity index (χ2v) is 5.89. The maximum atomic E-state index is 3.43. The van der Waals surface area contributed by atoms with Crippen molar-refractivity contribution in [2.45, 2.75) is 36.8 Å². The van der Waals surface area contributed by atoms with Gasteiger partial charge in [0.15, 0.2) is 0 Å². The number of thioether (sulfide) groups is 1. The fourth-order valence-corrected chi connectivity index (χ4v) is 3.94. The van der Waals surface area contributed by atoms with Gasteiger partial charge in [0, 0.05) is 17.0 Å². The van der Waals surface area contributed by atoms with Gasteiger partial charge in [-0.2, -0.15) is 11.8 Å². The van der Waals surface area contributed by atoms with Crippen molar-refractivity contribution in [3.63, 3.8) is 0 Å². The highest BCUT2D eigenvalue weighted by Crippen LogP contribution is 2.36. The first-order valence-electron chi connectivity index (χ1n) is 6.14. The fraction of sp³-hybridized carbons (Fsp3) is 0.571. The molecule has 1 saturated carbocycles. The van der Waals surface area contributed by atoms with Gasteiger partial charge in [-0.05, 0) is 31.4 Å². The molecule has 2 heteroatoms. The molecule has 0 spiro atoms. The Bertz CT molecular complexity index is 312. The van der Waals surface area contributed by atoms with Crippen LogP contribution < -0.4 is 5.32 Å². The first-order valence-corrected chi connectivity index (χ1v) is 7.19. The second-order valence-electron chi connectivity index (χ2n) is 4.67. The van der Waals surface area contributed by atoms with Crippen LogP contribution in [0.2, 0.25) is 0 Å². The maximum Gasteiger partial charge on any atom is 0.0187 e. The average Bonchev–Trinajstić information content (AvgIpc) is 2.69. The van der Waals surface area contributed by atoms with Gasteiger partial charge in [-0.3, -0.25) is 0 Å². The van der Waals surface area contributed by atoms with Crippen molar-refractivity contribution < 1.29 is 0 Å². The van der Waals surface area contributed by atoms with Crippen molar-refractivity contribution in [2.75, 3.05) is 7.05 Å². The summed E-state index contributed by atoms with van der Waals surface area (Å²) in [5.41, 5.74) is 1.45. The Hall–Kier alpha value is -0.470. The molecule has 1 N–H and O–H groups in total. The van der Waals surface area contributed by atoms with Crippen molar-refractivity contribution in [3.8, 4) is 0 Å². The Labute approximate surface area is 103 Å². The van der Waals surface area contributed by atoms with Crippen molar-refractivity contribution in [3.05, 3.63) is 35.9 Å². The van der Waals surface area contributed by atoms with Gasteiger partial charge in [-0.25, -0.2) is 0 Å². The lowest BCUT2D eigenvalue weighted by Gasteiger charge is -2.19. The van der Waals surface area contributed by atoms with Gasteiger partial charge in [0.05, 0.1) is 0 Å². The predicted molar refractivity (Wildman–Crippen MR) is 72.8 cm³/mol. The monoisotopic (exact) mass is 235 g/mol. The molecule has 16 heavy (non-hydrogen) atoms. The number of hydrogen-bond donors (Lipinski definition) is 1. The van der Waals surface area contributed by atoms with Crippen LogP contribution in [0.25, 0.3) is 0 Å². The Kier molecular flexibility index (Phi) is 4.30. The molecule has 88 valence electrons. The van der Waals surface area contributed by atoms with Gasteiger partial charge in [0.2, 0.25) is 0 Å². The SMILES string of the molecule is CNC1CCC(SCc2ccccc2)C1C. The number of hydrogen-bond acceptors (Lipinski definition) is 2. The zero-order valence-electron chi connectivity index (χ0n) is 10.1. The van der Waals surface area contributed by atoms with E-state index in [2.05, 4.69) is 61.4 Å². The molecular weight excluding hydrogens is 214 g/mol. The van der Waals surface area contributed by atoms with Crippen molar-refractivity contribution in [2.24, 2.45) is 5.92 Å². The lowest BCUT2D eigenvalue weighted by atomic mass is 10.1. The molecular formula is C14H21NS. The molecule has 0 radical (unpaired) electrons. The van der Waals surface area contributed by atoms with E-state index in [1.807, 2.05) is 0 Å². The molecule has 3 atom stereocenters. The van der Waals surface area contributed by atoms with Crippen LogP contribution in [0.1, 0.15) is 25.3 Å². The third-order valence-corrected chi connectivity index (χ3v) is 5.25. The van der Waals surface area contributed by atoms with E-state index in [-0.39, 0.29) is 0 Å². The highest BCUT2D eigenvalue weighted by atomic mass is 32.2. The van der Waals surface area contributed by atoms with Crippen LogP contribution in [0.3, 0.4) is 0 Å². The van der Waals surface area contributed by atoms with E-state index in [0.717, 1.165) is 23.0 Å². The quantitative estimate of drug-likeness (QED) is 0.859. The van der Waals surface area contributed by atoms with E-state index in [1.165, 1.54) is 18.4 Å². The minimum Gasteiger partial charge on any atom is -0.317 e. The second kappa shape index (κ2) is 5.74. The van der Waals surface area contributed by atoms with E-state index >= 15 is 0 Å². The summed E-state index contributed by atoms with van der Waals surface area (Å²) in [5, 5.41) is 4.26. The van der Waals surface area contributed by atoms with Crippen LogP contribution >= 0.6 is 11.8 Å².